The molecule has 0 aliphatic carbocycles. The summed E-state index contributed by atoms with van der Waals surface area (Å²) in [6.45, 7) is 5.58. The van der Waals surface area contributed by atoms with Crippen LogP contribution in [0.1, 0.15) is 26.3 Å². The highest BCUT2D eigenvalue weighted by atomic mass is 32.2. The van der Waals surface area contributed by atoms with Crippen LogP contribution in [0.3, 0.4) is 0 Å². The molecule has 3 N–H and O–H groups in total. The lowest BCUT2D eigenvalue weighted by molar-refractivity contribution is -0.153. The van der Waals surface area contributed by atoms with Crippen molar-refractivity contribution in [3.63, 3.8) is 0 Å². The molecule has 3 atom stereocenters. The lowest BCUT2D eigenvalue weighted by atomic mass is 10.0. The van der Waals surface area contributed by atoms with Crippen LogP contribution >= 0.6 is 34.9 Å². The van der Waals surface area contributed by atoms with E-state index in [4.69, 9.17) is 9.47 Å². The van der Waals surface area contributed by atoms with Crippen LogP contribution in [0.2, 0.25) is 0 Å². The van der Waals surface area contributed by atoms with Gasteiger partial charge in [-0.3, -0.25) is 29.0 Å². The number of amides is 6. The van der Waals surface area contributed by atoms with Crippen LogP contribution in [0, 0.1) is 5.92 Å². The predicted molar refractivity (Wildman–Crippen MR) is 179 cm³/mol. The summed E-state index contributed by atoms with van der Waals surface area (Å²) in [6, 6.07) is 4.19. The molecule has 0 saturated carbocycles. The monoisotopic (exact) mass is 747 g/mol. The smallest absolute Gasteiger partial charge is 0.477 e. The summed E-state index contributed by atoms with van der Waals surface area (Å²) >= 11 is 4.05. The second-order valence-electron chi connectivity index (χ2n) is 11.5. The van der Waals surface area contributed by atoms with E-state index >= 15 is 0 Å². The topological polar surface area (TPSA) is 218 Å². The number of hydrogen-bond acceptors (Lipinski definition) is 14. The van der Waals surface area contributed by atoms with Gasteiger partial charge in [-0.1, -0.05) is 49.1 Å². The van der Waals surface area contributed by atoms with Gasteiger partial charge in [-0.2, -0.15) is 0 Å². The minimum Gasteiger partial charge on any atom is -0.477 e. The Hall–Kier alpha value is -4.69. The van der Waals surface area contributed by atoms with Gasteiger partial charge >= 0.3 is 30.0 Å². The van der Waals surface area contributed by atoms with Gasteiger partial charge in [0.2, 0.25) is 5.91 Å². The van der Waals surface area contributed by atoms with Gasteiger partial charge < -0.3 is 30.1 Å². The van der Waals surface area contributed by atoms with Gasteiger partial charge in [0.05, 0.1) is 6.42 Å². The highest BCUT2D eigenvalue weighted by molar-refractivity contribution is 8.01. The number of carbonyl (C=O) groups is 7. The number of rotatable bonds is 12. The number of piperazine rings is 1. The summed E-state index contributed by atoms with van der Waals surface area (Å²) < 4.78 is 11.2. The van der Waals surface area contributed by atoms with Gasteiger partial charge in [-0.15, -0.1) is 22.0 Å². The van der Waals surface area contributed by atoms with Crippen LogP contribution < -0.4 is 15.4 Å². The molecule has 17 nitrogen and oxygen atoms in total. The zero-order valence-electron chi connectivity index (χ0n) is 27.0. The van der Waals surface area contributed by atoms with Crippen molar-refractivity contribution in [2.75, 3.05) is 31.1 Å². The predicted octanol–water partition coefficient (Wildman–Crippen LogP) is 1.51. The lowest BCUT2D eigenvalue weighted by Crippen LogP contribution is -2.70. The molecule has 2 unspecified atom stereocenters. The van der Waals surface area contributed by atoms with Crippen molar-refractivity contribution in [3.8, 4) is 5.75 Å². The zero-order valence-corrected chi connectivity index (χ0v) is 29.5. The highest BCUT2D eigenvalue weighted by Gasteiger charge is 2.54. The molecule has 20 heteroatoms. The van der Waals surface area contributed by atoms with Crippen molar-refractivity contribution in [1.29, 1.82) is 0 Å². The lowest BCUT2D eigenvalue weighted by Gasteiger charge is -2.49. The number of carboxylic acid groups (broad SMARTS) is 1. The van der Waals surface area contributed by atoms with Gasteiger partial charge in [0, 0.05) is 37.1 Å². The van der Waals surface area contributed by atoms with E-state index in [1.165, 1.54) is 56.8 Å². The molecule has 2 fully saturated rings. The van der Waals surface area contributed by atoms with E-state index < -0.39 is 65.3 Å². The largest absolute Gasteiger partial charge is 0.515 e. The molecular formula is C30H33N7O10S3. The van der Waals surface area contributed by atoms with Crippen LogP contribution in [-0.4, -0.2) is 121 Å². The molecule has 6 amide bonds. The molecule has 266 valence electrons. The Bertz CT molecular complexity index is 1700. The number of imide groups is 1. The first-order chi connectivity index (χ1) is 23.9. The molecule has 1 aromatic heterocycles. The van der Waals surface area contributed by atoms with Gasteiger partial charge in [0.25, 0.3) is 5.91 Å². The molecule has 3 aliphatic rings. The highest BCUT2D eigenvalue weighted by Crippen LogP contribution is 2.41. The minimum atomic E-state index is -1.22. The number of carboxylic acids is 1. The number of benzene rings is 1. The summed E-state index contributed by atoms with van der Waals surface area (Å²) in [6.07, 6.45) is -2.42. The van der Waals surface area contributed by atoms with Gasteiger partial charge in [0.1, 0.15) is 28.4 Å². The maximum Gasteiger partial charge on any atom is 0.515 e. The molecule has 5 rings (SSSR count). The number of likely N-dealkylation sites (N-methyl/N-ethyl adjacent to an activating group) is 1. The number of fused-ring (bicyclic) bond motifs is 1. The quantitative estimate of drug-likeness (QED) is 0.0701. The van der Waals surface area contributed by atoms with Crippen LogP contribution in [0.5, 0.6) is 5.75 Å². The summed E-state index contributed by atoms with van der Waals surface area (Å²) in [5, 5.41) is 22.2. The number of hydrogen-bond donors (Lipinski definition) is 3. The van der Waals surface area contributed by atoms with Gasteiger partial charge in [0.15, 0.2) is 10.6 Å². The van der Waals surface area contributed by atoms with E-state index in [0.717, 1.165) is 4.90 Å². The molecule has 50 heavy (non-hydrogen) atoms. The van der Waals surface area contributed by atoms with Crippen molar-refractivity contribution in [2.45, 2.75) is 49.2 Å². The van der Waals surface area contributed by atoms with E-state index in [2.05, 4.69) is 20.8 Å². The van der Waals surface area contributed by atoms with Crippen molar-refractivity contribution in [1.82, 2.24) is 35.5 Å². The van der Waals surface area contributed by atoms with Crippen molar-refractivity contribution >= 4 is 76.6 Å². The summed E-state index contributed by atoms with van der Waals surface area (Å²) in [4.78, 5) is 91.0. The molecule has 1 aromatic carbocycles. The molecule has 2 aromatic rings. The number of β-lactam (4-membered cyclic amide) rings is 1. The van der Waals surface area contributed by atoms with Gasteiger partial charge in [-0.05, 0) is 30.2 Å². The first-order valence-corrected chi connectivity index (χ1v) is 18.3. The standard InChI is InChI=1S/C30H33N7O10S3/c1-4-35-9-10-36(25(41)24(35)40)28(44)33-22(15(2)3)47-30(45)46-18-7-5-16(6-8-18)11-19(38)32-20-23(39)37-21(27(42)43)17(12-48-26(20)37)13-49-29-34-31-14-50-29/h5-8,14-15,20,22,26H,4,9-13H2,1-3H3,(H,32,38)(H,33,44)(H,42,43)/t20?,22?,26-/m0/s1. The van der Waals surface area contributed by atoms with Crippen molar-refractivity contribution in [2.24, 2.45) is 5.92 Å². The SMILES string of the molecule is CCN1CCN(C(=O)NC(OC(=O)Oc2ccc(CC(=O)NC3C(=O)N4C(C(=O)O)=C(CSc5nncs5)CS[C@@H]34)cc2)C(C)C)C(=O)C1=O. The van der Waals surface area contributed by atoms with E-state index in [9.17, 15) is 38.7 Å². The average molecular weight is 748 g/mol. The van der Waals surface area contributed by atoms with E-state index in [1.54, 1.807) is 38.4 Å². The fourth-order valence-electron chi connectivity index (χ4n) is 5.18. The molecule has 2 saturated heterocycles. The number of carbonyl (C=O) groups excluding carboxylic acids is 6. The molecule has 3 aliphatic heterocycles. The second kappa shape index (κ2) is 15.9. The molecule has 4 heterocycles. The fourth-order valence-corrected chi connectivity index (χ4v) is 8.15. The maximum absolute atomic E-state index is 13.0. The molecule has 0 radical (unpaired) electrons. The normalized spacial score (nSPS) is 19.5. The number of ether oxygens (including phenoxy) is 2. The number of aromatic nitrogens is 2. The van der Waals surface area contributed by atoms with E-state index in [1.807, 2.05) is 0 Å². The van der Waals surface area contributed by atoms with Gasteiger partial charge in [-0.25, -0.2) is 14.4 Å². The third kappa shape index (κ3) is 8.19. The number of thioether (sulfide) groups is 2. The van der Waals surface area contributed by atoms with Crippen LogP contribution in [0.25, 0.3) is 0 Å². The van der Waals surface area contributed by atoms with Crippen LogP contribution in [-0.2, 0) is 35.1 Å². The van der Waals surface area contributed by atoms with Crippen LogP contribution in [0.4, 0.5) is 9.59 Å². The Morgan fingerprint density at radius 2 is 1.84 bits per heavy atom. The average Bonchev–Trinajstić information content (AvgIpc) is 3.61. The third-order valence-electron chi connectivity index (χ3n) is 7.80. The molecular weight excluding hydrogens is 715 g/mol. The Balaban J connectivity index is 1.10. The summed E-state index contributed by atoms with van der Waals surface area (Å²) in [7, 11) is 0. The number of urea groups is 1. The second-order valence-corrected chi connectivity index (χ2v) is 14.6. The maximum atomic E-state index is 13.0. The zero-order chi connectivity index (χ0) is 36.1. The Morgan fingerprint density at radius 3 is 2.48 bits per heavy atom. The van der Waals surface area contributed by atoms with Crippen LogP contribution in [0.15, 0.2) is 45.4 Å². The van der Waals surface area contributed by atoms with Crippen molar-refractivity contribution in [3.05, 3.63) is 46.6 Å². The van der Waals surface area contributed by atoms with E-state index in [0.29, 0.717) is 33.5 Å². The van der Waals surface area contributed by atoms with Crippen molar-refractivity contribution < 1.29 is 48.1 Å². The first-order valence-electron chi connectivity index (χ1n) is 15.3. The third-order valence-corrected chi connectivity index (χ3v) is 11.1. The molecule has 0 spiro atoms. The number of nitrogens with zero attached hydrogens (tertiary/aromatic N) is 5. The Labute approximate surface area is 298 Å². The van der Waals surface area contributed by atoms with E-state index in [-0.39, 0.29) is 31.0 Å². The fraction of sp³-hybridized carbons (Fsp3) is 0.433. The molecule has 0 bridgehead atoms. The minimum absolute atomic E-state index is 0.00474. The Kier molecular flexibility index (Phi) is 11.6. The summed E-state index contributed by atoms with van der Waals surface area (Å²) in [5.41, 5.74) is 2.63. The first kappa shape index (κ1) is 36.6. The number of aliphatic carboxylic acids is 1. The summed E-state index contributed by atoms with van der Waals surface area (Å²) in [5.74, 6) is -3.57. The Morgan fingerprint density at radius 1 is 1.10 bits per heavy atom. The number of nitrogens with one attached hydrogen (secondary N) is 2.